The second-order valence-electron chi connectivity index (χ2n) is 8.09. The van der Waals surface area contributed by atoms with Crippen molar-refractivity contribution in [2.24, 2.45) is 5.92 Å². The Morgan fingerprint density at radius 2 is 1.74 bits per heavy atom. The number of fused-ring (bicyclic) bond motifs is 2. The zero-order valence-electron chi connectivity index (χ0n) is 15.8. The fraction of sp³-hybridized carbons (Fsp3) is 0.619. The van der Waals surface area contributed by atoms with Crippen LogP contribution in [0.4, 0.5) is 5.69 Å². The molecule has 0 aromatic heterocycles. The molecule has 6 heteroatoms. The molecule has 0 radical (unpaired) electrons. The van der Waals surface area contributed by atoms with Gasteiger partial charge in [0.05, 0.1) is 6.42 Å². The van der Waals surface area contributed by atoms with Gasteiger partial charge in [-0.15, -0.1) is 0 Å². The predicted molar refractivity (Wildman–Crippen MR) is 110 cm³/mol. The first kappa shape index (κ1) is 18.8. The third-order valence-electron chi connectivity index (χ3n) is 6.00. The monoisotopic (exact) mass is 387 g/mol. The summed E-state index contributed by atoms with van der Waals surface area (Å²) in [5, 5.41) is 6.65. The molecule has 5 nitrogen and oxygen atoms in total. The van der Waals surface area contributed by atoms with Crippen molar-refractivity contribution in [3.05, 3.63) is 29.8 Å². The Balaban J connectivity index is 1.25. The molecule has 3 aliphatic rings. The number of rotatable bonds is 5. The molecule has 0 aliphatic carbocycles. The normalized spacial score (nSPS) is 27.4. The Hall–Kier alpha value is -1.53. The molecule has 1 aromatic rings. The van der Waals surface area contributed by atoms with Crippen molar-refractivity contribution < 1.29 is 9.59 Å². The molecule has 3 fully saturated rings. The number of carbonyl (C=O) groups is 2. The molecule has 146 valence electrons. The molecule has 2 atom stereocenters. The van der Waals surface area contributed by atoms with E-state index in [1.807, 2.05) is 40.9 Å². The lowest BCUT2D eigenvalue weighted by molar-refractivity contribution is -0.130. The first-order valence-electron chi connectivity index (χ1n) is 10.2. The maximum Gasteiger partial charge on any atom is 0.227 e. The third kappa shape index (κ3) is 5.05. The minimum atomic E-state index is 0.107. The van der Waals surface area contributed by atoms with Crippen molar-refractivity contribution >= 4 is 29.3 Å². The summed E-state index contributed by atoms with van der Waals surface area (Å²) in [6, 6.07) is 8.99. The van der Waals surface area contributed by atoms with E-state index in [1.54, 1.807) is 0 Å². The second-order valence-corrected chi connectivity index (χ2v) is 9.32. The van der Waals surface area contributed by atoms with E-state index in [0.29, 0.717) is 30.8 Å². The molecule has 1 aromatic carbocycles. The minimum absolute atomic E-state index is 0.107. The van der Waals surface area contributed by atoms with Gasteiger partial charge < -0.3 is 15.5 Å². The standard InChI is InChI=1S/C21H29N3O2S/c25-20(13-16-11-18-5-6-19(12-16)22-18)23-17-3-1-15(2-4-17)14-21(26)24-7-9-27-10-8-24/h1-4,16,18-19,22H,5-14H2,(H,23,25). The van der Waals surface area contributed by atoms with Gasteiger partial charge in [-0.25, -0.2) is 0 Å². The number of nitrogens with zero attached hydrogens (tertiary/aromatic N) is 1. The summed E-state index contributed by atoms with van der Waals surface area (Å²) < 4.78 is 0. The number of nitrogens with one attached hydrogen (secondary N) is 2. The van der Waals surface area contributed by atoms with E-state index in [9.17, 15) is 9.59 Å². The van der Waals surface area contributed by atoms with Crippen LogP contribution < -0.4 is 10.6 Å². The highest BCUT2D eigenvalue weighted by Gasteiger charge is 2.34. The average Bonchev–Trinajstić information content (AvgIpc) is 3.02. The zero-order valence-corrected chi connectivity index (χ0v) is 16.6. The smallest absolute Gasteiger partial charge is 0.227 e. The number of hydrogen-bond donors (Lipinski definition) is 2. The Kier molecular flexibility index (Phi) is 6.03. The van der Waals surface area contributed by atoms with Crippen LogP contribution in [0.5, 0.6) is 0 Å². The number of carbonyl (C=O) groups excluding carboxylic acids is 2. The number of thioether (sulfide) groups is 1. The van der Waals surface area contributed by atoms with Gasteiger partial charge in [-0.2, -0.15) is 11.8 Å². The lowest BCUT2D eigenvalue weighted by Gasteiger charge is -2.28. The van der Waals surface area contributed by atoms with Gasteiger partial charge in [0.1, 0.15) is 0 Å². The highest BCUT2D eigenvalue weighted by molar-refractivity contribution is 7.99. The molecule has 4 rings (SSSR count). The van der Waals surface area contributed by atoms with Crippen molar-refractivity contribution in [3.63, 3.8) is 0 Å². The van der Waals surface area contributed by atoms with E-state index in [1.165, 1.54) is 12.8 Å². The van der Waals surface area contributed by atoms with Crippen molar-refractivity contribution in [3.8, 4) is 0 Å². The Morgan fingerprint density at radius 3 is 2.41 bits per heavy atom. The van der Waals surface area contributed by atoms with Gasteiger partial charge in [0.25, 0.3) is 0 Å². The Bertz CT molecular complexity index is 661. The molecule has 3 heterocycles. The summed E-state index contributed by atoms with van der Waals surface area (Å²) in [7, 11) is 0. The van der Waals surface area contributed by atoms with Crippen LogP contribution in [0.25, 0.3) is 0 Å². The summed E-state index contributed by atoms with van der Waals surface area (Å²) in [6.07, 6.45) is 5.83. The van der Waals surface area contributed by atoms with Crippen molar-refractivity contribution in [2.45, 2.75) is 50.6 Å². The van der Waals surface area contributed by atoms with Crippen LogP contribution in [-0.4, -0.2) is 53.4 Å². The lowest BCUT2D eigenvalue weighted by atomic mass is 9.89. The van der Waals surface area contributed by atoms with E-state index >= 15 is 0 Å². The van der Waals surface area contributed by atoms with Gasteiger partial charge in [-0.1, -0.05) is 12.1 Å². The Labute approximate surface area is 165 Å². The summed E-state index contributed by atoms with van der Waals surface area (Å²) in [5.74, 6) is 2.89. The summed E-state index contributed by atoms with van der Waals surface area (Å²) in [6.45, 7) is 1.71. The van der Waals surface area contributed by atoms with E-state index < -0.39 is 0 Å². The highest BCUT2D eigenvalue weighted by Crippen LogP contribution is 2.32. The van der Waals surface area contributed by atoms with Gasteiger partial charge in [-0.05, 0) is 49.3 Å². The second kappa shape index (κ2) is 8.65. The third-order valence-corrected chi connectivity index (χ3v) is 6.94. The summed E-state index contributed by atoms with van der Waals surface area (Å²) >= 11 is 1.91. The maximum atomic E-state index is 12.4. The number of hydrogen-bond acceptors (Lipinski definition) is 4. The van der Waals surface area contributed by atoms with Crippen LogP contribution in [0.15, 0.2) is 24.3 Å². The van der Waals surface area contributed by atoms with Gasteiger partial charge >= 0.3 is 0 Å². The van der Waals surface area contributed by atoms with Crippen LogP contribution in [0.2, 0.25) is 0 Å². The van der Waals surface area contributed by atoms with Crippen molar-refractivity contribution in [1.82, 2.24) is 10.2 Å². The first-order valence-corrected chi connectivity index (χ1v) is 11.3. The predicted octanol–water partition coefficient (Wildman–Crippen LogP) is 2.66. The molecule has 2 unspecified atom stereocenters. The molecule has 2 N–H and O–H groups in total. The van der Waals surface area contributed by atoms with Crippen molar-refractivity contribution in [1.29, 1.82) is 0 Å². The van der Waals surface area contributed by atoms with Crippen LogP contribution in [0.1, 0.15) is 37.7 Å². The average molecular weight is 388 g/mol. The van der Waals surface area contributed by atoms with E-state index in [4.69, 9.17) is 0 Å². The van der Waals surface area contributed by atoms with Gasteiger partial charge in [0.2, 0.25) is 11.8 Å². The molecule has 0 saturated carbocycles. The molecule has 2 amide bonds. The van der Waals surface area contributed by atoms with Gasteiger partial charge in [0, 0.05) is 48.8 Å². The maximum absolute atomic E-state index is 12.4. The molecular weight excluding hydrogens is 358 g/mol. The molecular formula is C21H29N3O2S. The SMILES string of the molecule is O=C(CC1CC2CCC(C1)N2)Nc1ccc(CC(=O)N2CCSCC2)cc1. The summed E-state index contributed by atoms with van der Waals surface area (Å²) in [5.41, 5.74) is 1.83. The minimum Gasteiger partial charge on any atom is -0.341 e. The number of anilines is 1. The molecule has 27 heavy (non-hydrogen) atoms. The fourth-order valence-corrected chi connectivity index (χ4v) is 5.52. The van der Waals surface area contributed by atoms with E-state index in [-0.39, 0.29) is 11.8 Å². The number of piperidine rings is 1. The van der Waals surface area contributed by atoms with Crippen molar-refractivity contribution in [2.75, 3.05) is 29.9 Å². The fourth-order valence-electron chi connectivity index (χ4n) is 4.62. The molecule has 3 aliphatic heterocycles. The Morgan fingerprint density at radius 1 is 1.07 bits per heavy atom. The lowest BCUT2D eigenvalue weighted by Crippen LogP contribution is -2.39. The van der Waals surface area contributed by atoms with Crippen LogP contribution in [-0.2, 0) is 16.0 Å². The van der Waals surface area contributed by atoms with E-state index in [0.717, 1.165) is 48.7 Å². The van der Waals surface area contributed by atoms with Gasteiger partial charge in [-0.3, -0.25) is 9.59 Å². The summed E-state index contributed by atoms with van der Waals surface area (Å²) in [4.78, 5) is 26.7. The highest BCUT2D eigenvalue weighted by atomic mass is 32.2. The molecule has 0 spiro atoms. The largest absolute Gasteiger partial charge is 0.341 e. The molecule has 2 bridgehead atoms. The first-order chi connectivity index (χ1) is 13.2. The van der Waals surface area contributed by atoms with Gasteiger partial charge in [0.15, 0.2) is 0 Å². The number of amides is 2. The topological polar surface area (TPSA) is 61.4 Å². The van der Waals surface area contributed by atoms with Crippen LogP contribution in [0, 0.1) is 5.92 Å². The van der Waals surface area contributed by atoms with Crippen LogP contribution in [0.3, 0.4) is 0 Å². The van der Waals surface area contributed by atoms with E-state index in [2.05, 4.69) is 10.6 Å². The number of benzene rings is 1. The molecule has 3 saturated heterocycles. The van der Waals surface area contributed by atoms with Crippen LogP contribution >= 0.6 is 11.8 Å². The zero-order chi connectivity index (χ0) is 18.6. The quantitative estimate of drug-likeness (QED) is 0.815.